The fourth-order valence-corrected chi connectivity index (χ4v) is 2.06. The molecule has 4 heteroatoms. The minimum atomic E-state index is -0.662. The molecule has 0 aliphatic heterocycles. The van der Waals surface area contributed by atoms with Crippen LogP contribution in [0.1, 0.15) is 17.5 Å². The molecular weight excluding hydrogens is 267 g/mol. The lowest BCUT2D eigenvalue weighted by Gasteiger charge is -2.13. The van der Waals surface area contributed by atoms with Gasteiger partial charge in [-0.05, 0) is 43.0 Å². The Balaban J connectivity index is 1.92. The highest BCUT2D eigenvalue weighted by Crippen LogP contribution is 2.16. The highest BCUT2D eigenvalue weighted by molar-refractivity contribution is 5.94. The Kier molecular flexibility index (Phi) is 5.06. The van der Waals surface area contributed by atoms with Crippen molar-refractivity contribution in [1.82, 2.24) is 0 Å². The summed E-state index contributed by atoms with van der Waals surface area (Å²) in [6.45, 7) is 1.84. The minimum Gasteiger partial charge on any atom is -0.322 e. The Hall–Kier alpha value is -2.20. The molecule has 21 heavy (non-hydrogen) atoms. The molecule has 110 valence electrons. The van der Waals surface area contributed by atoms with Crippen molar-refractivity contribution in [2.75, 3.05) is 5.32 Å². The van der Waals surface area contributed by atoms with E-state index < -0.39 is 11.9 Å². The average molecular weight is 286 g/mol. The molecule has 1 amide bonds. The first-order valence-corrected chi connectivity index (χ1v) is 6.93. The van der Waals surface area contributed by atoms with Crippen molar-refractivity contribution in [2.45, 2.75) is 25.8 Å². The van der Waals surface area contributed by atoms with E-state index in [1.165, 1.54) is 6.07 Å². The van der Waals surface area contributed by atoms with E-state index in [9.17, 15) is 9.18 Å². The van der Waals surface area contributed by atoms with Crippen LogP contribution in [0, 0.1) is 12.7 Å². The number of nitrogens with one attached hydrogen (secondary N) is 1. The molecule has 3 N–H and O–H groups in total. The first kappa shape index (κ1) is 15.2. The number of aryl methyl sites for hydroxylation is 2. The SMILES string of the molecule is Cc1ccc(F)c(NC(=O)[C@@H](N)CCc2ccccc2)c1. The largest absolute Gasteiger partial charge is 0.322 e. The lowest BCUT2D eigenvalue weighted by molar-refractivity contribution is -0.117. The standard InChI is InChI=1S/C17H19FN2O/c1-12-7-9-14(18)16(11-12)20-17(21)15(19)10-8-13-5-3-2-4-6-13/h2-7,9,11,15H,8,10,19H2,1H3,(H,20,21)/t15-/m0/s1. The molecule has 0 unspecified atom stereocenters. The number of halogens is 1. The number of hydrogen-bond donors (Lipinski definition) is 2. The van der Waals surface area contributed by atoms with Crippen molar-refractivity contribution >= 4 is 11.6 Å². The predicted molar refractivity (Wildman–Crippen MR) is 82.5 cm³/mol. The normalized spacial score (nSPS) is 12.0. The van der Waals surface area contributed by atoms with Crippen molar-refractivity contribution in [3.63, 3.8) is 0 Å². The molecule has 2 rings (SSSR count). The maximum Gasteiger partial charge on any atom is 0.241 e. The fraction of sp³-hybridized carbons (Fsp3) is 0.235. The van der Waals surface area contributed by atoms with E-state index in [1.54, 1.807) is 12.1 Å². The van der Waals surface area contributed by atoms with Gasteiger partial charge < -0.3 is 11.1 Å². The van der Waals surface area contributed by atoms with Crippen molar-refractivity contribution in [3.05, 3.63) is 65.5 Å². The van der Waals surface area contributed by atoms with Gasteiger partial charge in [-0.15, -0.1) is 0 Å². The Morgan fingerprint density at radius 1 is 1.24 bits per heavy atom. The van der Waals surface area contributed by atoms with Crippen molar-refractivity contribution in [2.24, 2.45) is 5.73 Å². The molecule has 0 fully saturated rings. The molecule has 2 aromatic rings. The molecule has 0 spiro atoms. The Bertz CT molecular complexity index is 613. The third-order valence-electron chi connectivity index (χ3n) is 3.30. The van der Waals surface area contributed by atoms with Crippen LogP contribution in [-0.2, 0) is 11.2 Å². The zero-order valence-electron chi connectivity index (χ0n) is 12.0. The van der Waals surface area contributed by atoms with E-state index in [4.69, 9.17) is 5.73 Å². The zero-order valence-corrected chi connectivity index (χ0v) is 12.0. The molecule has 2 aromatic carbocycles. The van der Waals surface area contributed by atoms with Gasteiger partial charge in [-0.3, -0.25) is 4.79 Å². The average Bonchev–Trinajstić information content (AvgIpc) is 2.49. The molecule has 1 atom stereocenters. The Morgan fingerprint density at radius 3 is 2.67 bits per heavy atom. The highest BCUT2D eigenvalue weighted by Gasteiger charge is 2.15. The van der Waals surface area contributed by atoms with Gasteiger partial charge in [-0.25, -0.2) is 4.39 Å². The van der Waals surface area contributed by atoms with Crippen LogP contribution in [0.5, 0.6) is 0 Å². The summed E-state index contributed by atoms with van der Waals surface area (Å²) in [5, 5.41) is 2.55. The number of carbonyl (C=O) groups is 1. The quantitative estimate of drug-likeness (QED) is 0.887. The fourth-order valence-electron chi connectivity index (χ4n) is 2.06. The smallest absolute Gasteiger partial charge is 0.241 e. The Morgan fingerprint density at radius 2 is 1.95 bits per heavy atom. The third kappa shape index (κ3) is 4.39. The van der Waals surface area contributed by atoms with Gasteiger partial charge in [0.2, 0.25) is 5.91 Å². The van der Waals surface area contributed by atoms with Gasteiger partial charge in [-0.2, -0.15) is 0 Å². The molecular formula is C17H19FN2O. The summed E-state index contributed by atoms with van der Waals surface area (Å²) >= 11 is 0. The maximum absolute atomic E-state index is 13.6. The number of benzene rings is 2. The number of carbonyl (C=O) groups excluding carboxylic acids is 1. The summed E-state index contributed by atoms with van der Waals surface area (Å²) < 4.78 is 13.6. The summed E-state index contributed by atoms with van der Waals surface area (Å²) in [7, 11) is 0. The van der Waals surface area contributed by atoms with Crippen LogP contribution in [0.2, 0.25) is 0 Å². The number of amides is 1. The van der Waals surface area contributed by atoms with E-state index in [0.29, 0.717) is 12.8 Å². The second-order valence-electron chi connectivity index (χ2n) is 5.10. The topological polar surface area (TPSA) is 55.1 Å². The number of anilines is 1. The van der Waals surface area contributed by atoms with E-state index >= 15 is 0 Å². The van der Waals surface area contributed by atoms with Gasteiger partial charge in [0, 0.05) is 0 Å². The van der Waals surface area contributed by atoms with Crippen molar-refractivity contribution in [1.29, 1.82) is 0 Å². The monoisotopic (exact) mass is 286 g/mol. The highest BCUT2D eigenvalue weighted by atomic mass is 19.1. The van der Waals surface area contributed by atoms with Crippen LogP contribution in [0.15, 0.2) is 48.5 Å². The number of rotatable bonds is 5. The Labute approximate surface area is 124 Å². The summed E-state index contributed by atoms with van der Waals surface area (Å²) in [6.07, 6.45) is 1.23. The molecule has 0 aliphatic carbocycles. The molecule has 0 bridgehead atoms. The predicted octanol–water partition coefficient (Wildman–Crippen LogP) is 3.03. The van der Waals surface area contributed by atoms with E-state index in [2.05, 4.69) is 5.32 Å². The van der Waals surface area contributed by atoms with E-state index in [1.807, 2.05) is 37.3 Å². The number of hydrogen-bond acceptors (Lipinski definition) is 2. The summed E-state index contributed by atoms with van der Waals surface area (Å²) in [5.74, 6) is -0.820. The van der Waals surface area contributed by atoms with E-state index in [0.717, 1.165) is 11.1 Å². The first-order chi connectivity index (χ1) is 10.1. The third-order valence-corrected chi connectivity index (χ3v) is 3.30. The lowest BCUT2D eigenvalue weighted by Crippen LogP contribution is -2.36. The minimum absolute atomic E-state index is 0.176. The van der Waals surface area contributed by atoms with Gasteiger partial charge in [0.25, 0.3) is 0 Å². The second kappa shape index (κ2) is 6.99. The van der Waals surface area contributed by atoms with E-state index in [-0.39, 0.29) is 11.6 Å². The van der Waals surface area contributed by atoms with Gasteiger partial charge >= 0.3 is 0 Å². The van der Waals surface area contributed by atoms with Crippen molar-refractivity contribution < 1.29 is 9.18 Å². The maximum atomic E-state index is 13.6. The van der Waals surface area contributed by atoms with Gasteiger partial charge in [0.05, 0.1) is 11.7 Å². The number of nitrogens with two attached hydrogens (primary N) is 1. The molecule has 0 aliphatic rings. The van der Waals surface area contributed by atoms with Crippen LogP contribution in [0.4, 0.5) is 10.1 Å². The second-order valence-corrected chi connectivity index (χ2v) is 5.10. The molecule has 0 saturated carbocycles. The van der Waals surface area contributed by atoms with Crippen LogP contribution in [0.25, 0.3) is 0 Å². The van der Waals surface area contributed by atoms with Crippen LogP contribution >= 0.6 is 0 Å². The zero-order chi connectivity index (χ0) is 15.2. The van der Waals surface area contributed by atoms with Gasteiger partial charge in [0.1, 0.15) is 5.82 Å². The molecule has 0 saturated heterocycles. The molecule has 0 aromatic heterocycles. The van der Waals surface area contributed by atoms with Crippen LogP contribution in [0.3, 0.4) is 0 Å². The molecule has 0 radical (unpaired) electrons. The molecule has 0 heterocycles. The van der Waals surface area contributed by atoms with Crippen LogP contribution < -0.4 is 11.1 Å². The summed E-state index contributed by atoms with van der Waals surface area (Å²) in [4.78, 5) is 12.0. The van der Waals surface area contributed by atoms with Crippen LogP contribution in [-0.4, -0.2) is 11.9 Å². The lowest BCUT2D eigenvalue weighted by atomic mass is 10.1. The first-order valence-electron chi connectivity index (χ1n) is 6.93. The van der Waals surface area contributed by atoms with Crippen molar-refractivity contribution in [3.8, 4) is 0 Å². The molecule has 3 nitrogen and oxygen atoms in total. The van der Waals surface area contributed by atoms with Gasteiger partial charge in [-0.1, -0.05) is 36.4 Å². The summed E-state index contributed by atoms with van der Waals surface area (Å²) in [5.41, 5.74) is 8.05. The summed E-state index contributed by atoms with van der Waals surface area (Å²) in [6, 6.07) is 13.7. The van der Waals surface area contributed by atoms with Gasteiger partial charge in [0.15, 0.2) is 0 Å².